The first kappa shape index (κ1) is 20.5. The third kappa shape index (κ3) is 5.40. The summed E-state index contributed by atoms with van der Waals surface area (Å²) < 4.78 is 16.5. The number of amides is 1. The quantitative estimate of drug-likeness (QED) is 0.725. The number of phenols is 1. The number of carbonyl (C=O) groups excluding carboxylic acids is 2. The van der Waals surface area contributed by atoms with Crippen LogP contribution in [0.3, 0.4) is 0 Å². The van der Waals surface area contributed by atoms with Gasteiger partial charge in [0.15, 0.2) is 18.1 Å². The molecule has 0 spiro atoms. The van der Waals surface area contributed by atoms with E-state index in [2.05, 4.69) is 5.32 Å². The van der Waals surface area contributed by atoms with Gasteiger partial charge < -0.3 is 24.6 Å². The summed E-state index contributed by atoms with van der Waals surface area (Å²) >= 11 is 0. The predicted molar refractivity (Wildman–Crippen MR) is 106 cm³/mol. The Morgan fingerprint density at radius 3 is 2.45 bits per heavy atom. The highest BCUT2D eigenvalue weighted by Crippen LogP contribution is 2.34. The largest absolute Gasteiger partial charge is 0.508 e. The molecule has 1 atom stereocenters. The van der Waals surface area contributed by atoms with Gasteiger partial charge in [0.2, 0.25) is 0 Å². The first-order chi connectivity index (χ1) is 13.9. The van der Waals surface area contributed by atoms with Crippen LogP contribution in [0.1, 0.15) is 42.2 Å². The number of hydrogen-bond acceptors (Lipinski definition) is 6. The molecule has 1 heterocycles. The lowest BCUT2D eigenvalue weighted by Gasteiger charge is -2.23. The molecule has 2 aromatic rings. The van der Waals surface area contributed by atoms with Gasteiger partial charge in [-0.1, -0.05) is 19.9 Å². The molecule has 2 aromatic carbocycles. The number of fused-ring (bicyclic) bond motifs is 1. The van der Waals surface area contributed by atoms with Crippen LogP contribution in [-0.2, 0) is 9.53 Å². The Labute approximate surface area is 169 Å². The van der Waals surface area contributed by atoms with Gasteiger partial charge in [-0.3, -0.25) is 4.79 Å². The number of phenolic OH excluding ortho intramolecular Hbond substituents is 1. The number of hydrogen-bond donors (Lipinski definition) is 2. The van der Waals surface area contributed by atoms with Crippen molar-refractivity contribution in [1.29, 1.82) is 0 Å². The number of esters is 1. The maximum absolute atomic E-state index is 12.4. The first-order valence-electron chi connectivity index (χ1n) is 9.59. The molecule has 0 aromatic heterocycles. The molecule has 7 heteroatoms. The molecule has 0 saturated heterocycles. The smallest absolute Gasteiger partial charge is 0.338 e. The molecular formula is C22H25NO6. The van der Waals surface area contributed by atoms with Gasteiger partial charge in [0.1, 0.15) is 5.75 Å². The normalized spacial score (nSPS) is 14.0. The minimum absolute atomic E-state index is 0.0502. The van der Waals surface area contributed by atoms with E-state index in [1.165, 1.54) is 24.3 Å². The van der Waals surface area contributed by atoms with E-state index in [1.54, 1.807) is 0 Å². The molecule has 29 heavy (non-hydrogen) atoms. The van der Waals surface area contributed by atoms with Crippen LogP contribution in [0.15, 0.2) is 42.5 Å². The lowest BCUT2D eigenvalue weighted by molar-refractivity contribution is -0.125. The summed E-state index contributed by atoms with van der Waals surface area (Å²) in [6.07, 6.45) is 0.820. The lowest BCUT2D eigenvalue weighted by atomic mass is 9.95. The second-order valence-corrected chi connectivity index (χ2v) is 7.17. The van der Waals surface area contributed by atoms with Gasteiger partial charge in [-0.25, -0.2) is 4.79 Å². The van der Waals surface area contributed by atoms with Crippen LogP contribution in [0.5, 0.6) is 17.2 Å². The van der Waals surface area contributed by atoms with Gasteiger partial charge in [0, 0.05) is 6.42 Å². The highest BCUT2D eigenvalue weighted by atomic mass is 16.5. The monoisotopic (exact) mass is 399 g/mol. The van der Waals surface area contributed by atoms with Crippen LogP contribution in [0, 0.1) is 5.92 Å². The van der Waals surface area contributed by atoms with Crippen molar-refractivity contribution in [1.82, 2.24) is 5.32 Å². The Balaban J connectivity index is 1.63. The maximum Gasteiger partial charge on any atom is 0.338 e. The van der Waals surface area contributed by atoms with Crippen molar-refractivity contribution in [3.63, 3.8) is 0 Å². The highest BCUT2D eigenvalue weighted by molar-refractivity contribution is 5.91. The summed E-state index contributed by atoms with van der Waals surface area (Å²) in [5.74, 6) is 0.493. The molecule has 0 saturated carbocycles. The number of rotatable bonds is 6. The molecule has 1 aliphatic heterocycles. The van der Waals surface area contributed by atoms with Crippen LogP contribution in [-0.4, -0.2) is 36.8 Å². The van der Waals surface area contributed by atoms with E-state index in [4.69, 9.17) is 14.2 Å². The molecule has 7 nitrogen and oxygen atoms in total. The van der Waals surface area contributed by atoms with Gasteiger partial charge in [0.25, 0.3) is 5.91 Å². The van der Waals surface area contributed by atoms with Crippen LogP contribution < -0.4 is 14.8 Å². The zero-order valence-corrected chi connectivity index (χ0v) is 16.5. The summed E-state index contributed by atoms with van der Waals surface area (Å²) in [7, 11) is 0. The molecule has 1 aliphatic rings. The Hall–Kier alpha value is -3.22. The van der Waals surface area contributed by atoms with E-state index in [-0.39, 0.29) is 23.3 Å². The van der Waals surface area contributed by atoms with Crippen molar-refractivity contribution in [2.45, 2.75) is 26.3 Å². The summed E-state index contributed by atoms with van der Waals surface area (Å²) in [4.78, 5) is 24.4. The summed E-state index contributed by atoms with van der Waals surface area (Å²) in [6.45, 7) is 4.80. The molecular weight excluding hydrogens is 374 g/mol. The number of ether oxygens (including phenoxy) is 3. The van der Waals surface area contributed by atoms with Crippen molar-refractivity contribution in [2.24, 2.45) is 5.92 Å². The van der Waals surface area contributed by atoms with E-state index < -0.39 is 18.5 Å². The van der Waals surface area contributed by atoms with Gasteiger partial charge in [0.05, 0.1) is 24.8 Å². The minimum Gasteiger partial charge on any atom is -0.508 e. The molecule has 154 valence electrons. The van der Waals surface area contributed by atoms with Crippen molar-refractivity contribution >= 4 is 11.9 Å². The second kappa shape index (κ2) is 9.32. The van der Waals surface area contributed by atoms with E-state index in [1.807, 2.05) is 32.0 Å². The van der Waals surface area contributed by atoms with Gasteiger partial charge in [-0.2, -0.15) is 0 Å². The fourth-order valence-electron chi connectivity index (χ4n) is 3.04. The SMILES string of the molecule is CC(C)[C@H](NC(=O)COC(=O)c1ccc(O)cc1)c1ccc2c(c1)OCCCO2. The maximum atomic E-state index is 12.4. The minimum atomic E-state index is -0.628. The first-order valence-corrected chi connectivity index (χ1v) is 9.59. The van der Waals surface area contributed by atoms with Gasteiger partial charge >= 0.3 is 5.97 Å². The molecule has 2 N–H and O–H groups in total. The van der Waals surface area contributed by atoms with Crippen molar-refractivity contribution in [2.75, 3.05) is 19.8 Å². The van der Waals surface area contributed by atoms with Crippen molar-refractivity contribution < 1.29 is 28.9 Å². The zero-order valence-electron chi connectivity index (χ0n) is 16.5. The molecule has 0 fully saturated rings. The average Bonchev–Trinajstić information content (AvgIpc) is 2.95. The number of nitrogens with one attached hydrogen (secondary N) is 1. The number of carbonyl (C=O) groups is 2. The molecule has 3 rings (SSSR count). The topological polar surface area (TPSA) is 94.1 Å². The van der Waals surface area contributed by atoms with Crippen LogP contribution in [0.4, 0.5) is 0 Å². The fraction of sp³-hybridized carbons (Fsp3) is 0.364. The van der Waals surface area contributed by atoms with Crippen molar-refractivity contribution in [3.05, 3.63) is 53.6 Å². The van der Waals surface area contributed by atoms with Crippen LogP contribution in [0.2, 0.25) is 0 Å². The third-order valence-electron chi connectivity index (χ3n) is 4.55. The number of benzene rings is 2. The van der Waals surface area contributed by atoms with Crippen LogP contribution >= 0.6 is 0 Å². The number of aromatic hydroxyl groups is 1. The lowest BCUT2D eigenvalue weighted by Crippen LogP contribution is -2.35. The molecule has 0 unspecified atom stereocenters. The van der Waals surface area contributed by atoms with Gasteiger partial charge in [-0.15, -0.1) is 0 Å². The Morgan fingerprint density at radius 1 is 1.07 bits per heavy atom. The van der Waals surface area contributed by atoms with E-state index in [0.29, 0.717) is 24.7 Å². The van der Waals surface area contributed by atoms with E-state index in [9.17, 15) is 14.7 Å². The van der Waals surface area contributed by atoms with E-state index >= 15 is 0 Å². The van der Waals surface area contributed by atoms with E-state index in [0.717, 1.165) is 12.0 Å². The average molecular weight is 399 g/mol. The molecule has 0 aliphatic carbocycles. The zero-order chi connectivity index (χ0) is 20.8. The fourth-order valence-corrected chi connectivity index (χ4v) is 3.04. The predicted octanol–water partition coefficient (Wildman–Crippen LogP) is 3.22. The van der Waals surface area contributed by atoms with Crippen molar-refractivity contribution in [3.8, 4) is 17.2 Å². The molecule has 0 bridgehead atoms. The Bertz CT molecular complexity index is 862. The summed E-state index contributed by atoms with van der Waals surface area (Å²) in [6, 6.07) is 11.0. The van der Waals surface area contributed by atoms with Crippen LogP contribution in [0.25, 0.3) is 0 Å². The summed E-state index contributed by atoms with van der Waals surface area (Å²) in [5, 5.41) is 12.2. The summed E-state index contributed by atoms with van der Waals surface area (Å²) in [5.41, 5.74) is 1.15. The third-order valence-corrected chi connectivity index (χ3v) is 4.55. The molecule has 1 amide bonds. The Morgan fingerprint density at radius 2 is 1.76 bits per heavy atom. The Kier molecular flexibility index (Phi) is 6.59. The second-order valence-electron chi connectivity index (χ2n) is 7.17. The highest BCUT2D eigenvalue weighted by Gasteiger charge is 2.22. The van der Waals surface area contributed by atoms with Gasteiger partial charge in [-0.05, 0) is 47.9 Å². The molecule has 0 radical (unpaired) electrons. The standard InChI is InChI=1S/C22H25NO6/c1-14(2)21(16-6-9-18-19(12-16)28-11-3-10-27-18)23-20(25)13-29-22(26)15-4-7-17(24)8-5-15/h4-9,12,14,21,24H,3,10-11,13H2,1-2H3,(H,23,25)/t21-/m0/s1.